The van der Waals surface area contributed by atoms with Gasteiger partial charge >= 0.3 is 0 Å². The van der Waals surface area contributed by atoms with Gasteiger partial charge in [-0.2, -0.15) is 0 Å². The van der Waals surface area contributed by atoms with Gasteiger partial charge in [0.2, 0.25) is 0 Å². The van der Waals surface area contributed by atoms with Gasteiger partial charge in [0.25, 0.3) is 0 Å². The van der Waals surface area contributed by atoms with Crippen LogP contribution in [0.25, 0.3) is 0 Å². The molecule has 0 spiro atoms. The SMILES string of the molecule is CNCCc1ccc(Cl)cc1OC. The van der Waals surface area contributed by atoms with Crippen LogP contribution in [0, 0.1) is 0 Å². The average Bonchev–Trinajstić information content (AvgIpc) is 2.16. The van der Waals surface area contributed by atoms with Gasteiger partial charge in [0.1, 0.15) is 5.75 Å². The summed E-state index contributed by atoms with van der Waals surface area (Å²) >= 11 is 5.83. The number of halogens is 1. The van der Waals surface area contributed by atoms with E-state index in [1.807, 2.05) is 25.2 Å². The van der Waals surface area contributed by atoms with Gasteiger partial charge in [-0.15, -0.1) is 0 Å². The molecule has 0 fully saturated rings. The smallest absolute Gasteiger partial charge is 0.123 e. The summed E-state index contributed by atoms with van der Waals surface area (Å²) in [5.74, 6) is 0.864. The van der Waals surface area contributed by atoms with Gasteiger partial charge in [0.15, 0.2) is 0 Å². The molecule has 0 saturated carbocycles. The highest BCUT2D eigenvalue weighted by molar-refractivity contribution is 6.30. The minimum absolute atomic E-state index is 0.713. The van der Waals surface area contributed by atoms with Crippen LogP contribution >= 0.6 is 11.6 Å². The van der Waals surface area contributed by atoms with Gasteiger partial charge < -0.3 is 10.1 Å². The molecule has 0 aromatic heterocycles. The first-order valence-electron chi connectivity index (χ1n) is 4.25. The minimum atomic E-state index is 0.713. The Morgan fingerprint density at radius 3 is 2.85 bits per heavy atom. The van der Waals surface area contributed by atoms with Gasteiger partial charge in [-0.3, -0.25) is 0 Å². The highest BCUT2D eigenvalue weighted by atomic mass is 35.5. The molecular formula is C10H14ClNO. The molecule has 1 rings (SSSR count). The lowest BCUT2D eigenvalue weighted by Gasteiger charge is -2.08. The molecule has 13 heavy (non-hydrogen) atoms. The van der Waals surface area contributed by atoms with E-state index in [4.69, 9.17) is 16.3 Å². The van der Waals surface area contributed by atoms with Crippen LogP contribution in [0.5, 0.6) is 5.75 Å². The third-order valence-corrected chi connectivity index (χ3v) is 2.13. The lowest BCUT2D eigenvalue weighted by atomic mass is 10.1. The Balaban J connectivity index is 2.79. The summed E-state index contributed by atoms with van der Waals surface area (Å²) in [6.07, 6.45) is 0.955. The molecule has 1 N–H and O–H groups in total. The molecule has 2 nitrogen and oxygen atoms in total. The molecule has 0 radical (unpaired) electrons. The third kappa shape index (κ3) is 2.90. The molecule has 0 aliphatic rings. The lowest BCUT2D eigenvalue weighted by Crippen LogP contribution is -2.10. The Labute approximate surface area is 83.9 Å². The molecule has 0 amide bonds. The van der Waals surface area contributed by atoms with Crippen molar-refractivity contribution in [3.8, 4) is 5.75 Å². The second kappa shape index (κ2) is 5.10. The standard InChI is InChI=1S/C10H14ClNO/c1-12-6-5-8-3-4-9(11)7-10(8)13-2/h3-4,7,12H,5-6H2,1-2H3. The van der Waals surface area contributed by atoms with Crippen molar-refractivity contribution in [1.82, 2.24) is 5.32 Å². The van der Waals surface area contributed by atoms with Crippen LogP contribution < -0.4 is 10.1 Å². The summed E-state index contributed by atoms with van der Waals surface area (Å²) in [7, 11) is 3.59. The summed E-state index contributed by atoms with van der Waals surface area (Å²) in [5, 5.41) is 3.81. The van der Waals surface area contributed by atoms with Gasteiger partial charge in [0.05, 0.1) is 7.11 Å². The van der Waals surface area contributed by atoms with E-state index in [-0.39, 0.29) is 0 Å². The van der Waals surface area contributed by atoms with E-state index >= 15 is 0 Å². The normalized spacial score (nSPS) is 10.1. The molecule has 0 aliphatic carbocycles. The number of hydrogen-bond donors (Lipinski definition) is 1. The predicted octanol–water partition coefficient (Wildman–Crippen LogP) is 2.11. The summed E-state index contributed by atoms with van der Waals surface area (Å²) < 4.78 is 5.21. The lowest BCUT2D eigenvalue weighted by molar-refractivity contribution is 0.409. The van der Waals surface area contributed by atoms with Crippen LogP contribution in [-0.2, 0) is 6.42 Å². The van der Waals surface area contributed by atoms with Crippen molar-refractivity contribution in [3.05, 3.63) is 28.8 Å². The number of likely N-dealkylation sites (N-methyl/N-ethyl adjacent to an activating group) is 1. The quantitative estimate of drug-likeness (QED) is 0.802. The maximum Gasteiger partial charge on any atom is 0.123 e. The van der Waals surface area contributed by atoms with E-state index in [9.17, 15) is 0 Å². The van der Waals surface area contributed by atoms with Crippen LogP contribution in [0.1, 0.15) is 5.56 Å². The maximum absolute atomic E-state index is 5.83. The van der Waals surface area contributed by atoms with Crippen molar-refractivity contribution < 1.29 is 4.74 Å². The number of rotatable bonds is 4. The van der Waals surface area contributed by atoms with E-state index in [0.29, 0.717) is 5.02 Å². The zero-order valence-corrected chi connectivity index (χ0v) is 8.69. The fraction of sp³-hybridized carbons (Fsp3) is 0.400. The number of benzene rings is 1. The van der Waals surface area contributed by atoms with E-state index in [2.05, 4.69) is 5.32 Å². The average molecular weight is 200 g/mol. The maximum atomic E-state index is 5.83. The Hall–Kier alpha value is -0.730. The highest BCUT2D eigenvalue weighted by Gasteiger charge is 2.02. The molecule has 1 aromatic rings. The van der Waals surface area contributed by atoms with Gasteiger partial charge in [0, 0.05) is 5.02 Å². The van der Waals surface area contributed by atoms with Crippen LogP contribution in [-0.4, -0.2) is 20.7 Å². The summed E-state index contributed by atoms with van der Waals surface area (Å²) in [6, 6.07) is 5.72. The molecule has 72 valence electrons. The van der Waals surface area contributed by atoms with Crippen molar-refractivity contribution in [1.29, 1.82) is 0 Å². The molecule has 0 saturated heterocycles. The first kappa shape index (κ1) is 10.4. The van der Waals surface area contributed by atoms with Crippen LogP contribution in [0.2, 0.25) is 5.02 Å². The zero-order valence-electron chi connectivity index (χ0n) is 7.93. The van der Waals surface area contributed by atoms with Crippen LogP contribution in [0.4, 0.5) is 0 Å². The van der Waals surface area contributed by atoms with Gasteiger partial charge in [-0.05, 0) is 37.7 Å². The van der Waals surface area contributed by atoms with Crippen molar-refractivity contribution in [3.63, 3.8) is 0 Å². The molecule has 0 heterocycles. The Morgan fingerprint density at radius 1 is 1.46 bits per heavy atom. The Morgan fingerprint density at radius 2 is 2.23 bits per heavy atom. The van der Waals surface area contributed by atoms with Crippen molar-refractivity contribution >= 4 is 11.6 Å². The van der Waals surface area contributed by atoms with E-state index in [0.717, 1.165) is 18.7 Å². The van der Waals surface area contributed by atoms with Gasteiger partial charge in [-0.25, -0.2) is 0 Å². The number of methoxy groups -OCH3 is 1. The first-order chi connectivity index (χ1) is 6.27. The molecule has 3 heteroatoms. The van der Waals surface area contributed by atoms with Crippen molar-refractivity contribution in [2.75, 3.05) is 20.7 Å². The van der Waals surface area contributed by atoms with Gasteiger partial charge in [-0.1, -0.05) is 17.7 Å². The van der Waals surface area contributed by atoms with Crippen LogP contribution in [0.3, 0.4) is 0 Å². The second-order valence-corrected chi connectivity index (χ2v) is 3.25. The zero-order chi connectivity index (χ0) is 9.68. The molecule has 0 aliphatic heterocycles. The minimum Gasteiger partial charge on any atom is -0.496 e. The topological polar surface area (TPSA) is 21.3 Å². The summed E-state index contributed by atoms with van der Waals surface area (Å²) in [4.78, 5) is 0. The monoisotopic (exact) mass is 199 g/mol. The highest BCUT2D eigenvalue weighted by Crippen LogP contribution is 2.23. The molecular weight excluding hydrogens is 186 g/mol. The van der Waals surface area contributed by atoms with E-state index in [1.165, 1.54) is 5.56 Å². The third-order valence-electron chi connectivity index (χ3n) is 1.89. The molecule has 1 aromatic carbocycles. The fourth-order valence-electron chi connectivity index (χ4n) is 1.18. The predicted molar refractivity (Wildman–Crippen MR) is 55.6 cm³/mol. The molecule has 0 unspecified atom stereocenters. The Bertz CT molecular complexity index is 276. The Kier molecular flexibility index (Phi) is 4.06. The number of ether oxygens (including phenoxy) is 1. The fourth-order valence-corrected chi connectivity index (χ4v) is 1.35. The first-order valence-corrected chi connectivity index (χ1v) is 4.62. The van der Waals surface area contributed by atoms with Crippen molar-refractivity contribution in [2.24, 2.45) is 0 Å². The number of hydrogen-bond acceptors (Lipinski definition) is 2. The molecule has 0 bridgehead atoms. The summed E-state index contributed by atoms with van der Waals surface area (Å²) in [6.45, 7) is 0.942. The van der Waals surface area contributed by atoms with E-state index in [1.54, 1.807) is 7.11 Å². The van der Waals surface area contributed by atoms with Crippen molar-refractivity contribution in [2.45, 2.75) is 6.42 Å². The largest absolute Gasteiger partial charge is 0.496 e. The van der Waals surface area contributed by atoms with Crippen LogP contribution in [0.15, 0.2) is 18.2 Å². The number of nitrogens with one attached hydrogen (secondary N) is 1. The second-order valence-electron chi connectivity index (χ2n) is 2.81. The molecule has 0 atom stereocenters. The summed E-state index contributed by atoms with van der Waals surface area (Å²) in [5.41, 5.74) is 1.18. The van der Waals surface area contributed by atoms with E-state index < -0.39 is 0 Å².